The number of pyridine rings is 7. The van der Waals surface area contributed by atoms with Crippen molar-refractivity contribution < 1.29 is 23.3 Å². The summed E-state index contributed by atoms with van der Waals surface area (Å²) in [6.45, 7) is 88.1. The van der Waals surface area contributed by atoms with Crippen molar-refractivity contribution in [2.75, 3.05) is 85.4 Å². The molecule has 0 bridgehead atoms. The van der Waals surface area contributed by atoms with Crippen molar-refractivity contribution in [2.45, 2.75) is 347 Å². The number of nitrogens with one attached hydrogen (secondary N) is 3. The van der Waals surface area contributed by atoms with E-state index in [0.717, 1.165) is 109 Å². The van der Waals surface area contributed by atoms with Gasteiger partial charge in [0.05, 0.1) is 56.9 Å². The monoisotopic (exact) mass is 1860 g/mol. The summed E-state index contributed by atoms with van der Waals surface area (Å²) in [6, 6.07) is 41.6. The van der Waals surface area contributed by atoms with E-state index >= 15 is 0 Å². The highest BCUT2D eigenvalue weighted by Crippen LogP contribution is 2.26. The van der Waals surface area contributed by atoms with Gasteiger partial charge in [0.25, 0.3) is 0 Å². The molecule has 0 aliphatic rings. The third-order valence-corrected chi connectivity index (χ3v) is 20.4. The first-order chi connectivity index (χ1) is 63.6. The minimum Gasteiger partial charge on any atom is -0.492 e. The van der Waals surface area contributed by atoms with Gasteiger partial charge in [-0.2, -0.15) is 0 Å². The van der Waals surface area contributed by atoms with Crippen LogP contribution >= 0.6 is 0 Å². The highest BCUT2D eigenvalue weighted by atomic mass is 19.1. The summed E-state index contributed by atoms with van der Waals surface area (Å²) in [7, 11) is 1.62. The average Bonchev–Trinajstić information content (AvgIpc) is 0.877. The highest BCUT2D eigenvalue weighted by molar-refractivity contribution is 5.42. The Balaban J connectivity index is 0.000000751. The molecule has 0 radical (unpaired) electrons. The van der Waals surface area contributed by atoms with Gasteiger partial charge >= 0.3 is 0 Å². The topological polar surface area (TPSA) is 221 Å². The van der Waals surface area contributed by atoms with Crippen molar-refractivity contribution in [1.82, 2.24) is 54.8 Å². The van der Waals surface area contributed by atoms with Crippen LogP contribution in [0.25, 0.3) is 0 Å². The number of methoxy groups -OCH3 is 1. The number of halogens is 1. The summed E-state index contributed by atoms with van der Waals surface area (Å²) in [5.74, 6) is 14.7. The molecule has 10 rings (SSSR count). The van der Waals surface area contributed by atoms with Crippen molar-refractivity contribution >= 4 is 29.1 Å². The first kappa shape index (κ1) is 123. The van der Waals surface area contributed by atoms with Gasteiger partial charge in [-0.25, -0.2) is 44.3 Å². The van der Waals surface area contributed by atoms with E-state index in [-0.39, 0.29) is 5.41 Å². The number of rotatable bonds is 34. The second-order valence-corrected chi connectivity index (χ2v) is 40.0. The predicted molar refractivity (Wildman–Crippen MR) is 575 cm³/mol. The second kappa shape index (κ2) is 67.7. The van der Waals surface area contributed by atoms with E-state index in [1.807, 2.05) is 97.7 Å². The normalized spacial score (nSPS) is 11.2. The molecular formula is C114H183FN16O4. The molecule has 0 amide bonds. The van der Waals surface area contributed by atoms with Gasteiger partial charge in [0.15, 0.2) is 0 Å². The zero-order valence-electron chi connectivity index (χ0n) is 91.2. The summed E-state index contributed by atoms with van der Waals surface area (Å²) >= 11 is 0. The third-order valence-electron chi connectivity index (χ3n) is 20.4. The maximum absolute atomic E-state index is 12.9. The summed E-state index contributed by atoms with van der Waals surface area (Å²) in [5, 5.41) is 9.85. The summed E-state index contributed by atoms with van der Waals surface area (Å²) in [5.41, 5.74) is 12.6. The van der Waals surface area contributed by atoms with Gasteiger partial charge in [-0.3, -0.25) is 15.0 Å². The van der Waals surface area contributed by atoms with E-state index in [1.54, 1.807) is 38.8 Å². The lowest BCUT2D eigenvalue weighted by atomic mass is 9.99. The van der Waals surface area contributed by atoms with Crippen molar-refractivity contribution in [3.8, 4) is 23.4 Å². The Labute approximate surface area is 820 Å². The standard InChI is InChI=1S/C13H21NO.C12H20N2O.3C12H20N2.C11H15F.C11H18N2O.2C11H18N2.C9H13NO/c1-10(2)7-8-15-12-5-6-13(11(3)4)14-9-12;1-9(2)10-6-13-7-11(14-10)15-8-12(3,4)5;1-9(2)7-13-12-6-5-11(8-14-12)10(3)4;1-5-14(6-2)12-8-7-11(9-13-12)10(3)4;1-5-14(6-2)12-9-7-8-11(13-12)10(3)4;1-8(2)10-5-4-6-11(7-10)9(3)12;1-8(2)7-14-11-6-12-5-10(13-11)9(3)4;1-8(2)10-5-6-11(12-7-10)13-9(3)4;1-8(2)10-6-5-7-11(13-10)12-9(3)4;1-7(2)8-4-5-9(11-3)10-6-8/h5-6,9-11H,7-8H2,1-4H3;6-7,9H,8H2,1-5H3;5-6,8-10H,7H2,1-4H3,(H,13,14);2*7-10H,5-6H2,1-4H3;4-9H,1-3H3;5-6,8-9H,7H2,1-4H3;2*5-9H,1-4H3,(H,12,13);4-7H,1-3H3. The Hall–Kier alpha value is -10.4. The molecule has 0 spiro atoms. The van der Waals surface area contributed by atoms with Crippen molar-refractivity contribution in [2.24, 2.45) is 23.2 Å². The van der Waals surface area contributed by atoms with E-state index in [0.29, 0.717) is 120 Å². The minimum atomic E-state index is -0.858. The lowest BCUT2D eigenvalue weighted by Crippen LogP contribution is -2.23. The molecular weight excluding hydrogens is 1680 g/mol. The van der Waals surface area contributed by atoms with Gasteiger partial charge in [0.2, 0.25) is 17.6 Å². The van der Waals surface area contributed by atoms with Gasteiger partial charge in [-0.15, -0.1) is 0 Å². The van der Waals surface area contributed by atoms with Crippen LogP contribution in [0.4, 0.5) is 33.5 Å². The molecule has 0 aliphatic heterocycles. The Morgan fingerprint density at radius 1 is 0.333 bits per heavy atom. The van der Waals surface area contributed by atoms with Crippen LogP contribution in [0, 0.1) is 23.2 Å². The molecule has 1 unspecified atom stereocenters. The molecule has 750 valence electrons. The Morgan fingerprint density at radius 2 is 0.770 bits per heavy atom. The Kier molecular flexibility index (Phi) is 61.5. The third kappa shape index (κ3) is 55.4. The summed E-state index contributed by atoms with van der Waals surface area (Å²) < 4.78 is 34.5. The second-order valence-electron chi connectivity index (χ2n) is 40.0. The predicted octanol–water partition coefficient (Wildman–Crippen LogP) is 30.8. The molecule has 1 aromatic carbocycles. The van der Waals surface area contributed by atoms with Crippen LogP contribution in [0.5, 0.6) is 23.4 Å². The smallest absolute Gasteiger partial charge is 0.232 e. The molecule has 20 nitrogen and oxygen atoms in total. The van der Waals surface area contributed by atoms with E-state index in [9.17, 15) is 4.39 Å². The van der Waals surface area contributed by atoms with E-state index in [2.05, 4.69) is 391 Å². The van der Waals surface area contributed by atoms with Crippen LogP contribution in [-0.2, 0) is 0 Å². The number of benzene rings is 1. The van der Waals surface area contributed by atoms with Gasteiger partial charge in [-0.05, 0) is 239 Å². The number of aromatic nitrogens is 11. The number of nitrogens with zero attached hydrogens (tertiary/aromatic N) is 13. The van der Waals surface area contributed by atoms with Crippen LogP contribution in [0.15, 0.2) is 177 Å². The van der Waals surface area contributed by atoms with Crippen LogP contribution in [0.2, 0.25) is 0 Å². The SMILES string of the molecule is CC(C)CCOc1ccc(C(C)C)nc1.CC(C)CNc1ccc(C(C)C)cn1.CC(C)COc1cncc(C(C)C)n1.CC(C)Nc1ccc(C(C)C)cn1.CC(C)Nc1cccc(C(C)C)n1.CC(C)c1cccc(C(C)F)c1.CC(C)c1cncc(OCC(C)(C)C)n1.CCN(CC)c1ccc(C(C)C)cn1.CCN(CC)c1cccc(C(C)C)n1.COc1ccc(C(C)C)cn1. The molecule has 21 heteroatoms. The number of hydrogen-bond acceptors (Lipinski definition) is 20. The first-order valence-corrected chi connectivity index (χ1v) is 49.9. The lowest BCUT2D eigenvalue weighted by molar-refractivity contribution is 0.190. The highest BCUT2D eigenvalue weighted by Gasteiger charge is 2.15. The zero-order chi connectivity index (χ0) is 102. The van der Waals surface area contributed by atoms with Gasteiger partial charge in [0, 0.05) is 105 Å². The fourth-order valence-corrected chi connectivity index (χ4v) is 11.6. The van der Waals surface area contributed by atoms with Crippen molar-refractivity contribution in [1.29, 1.82) is 0 Å². The van der Waals surface area contributed by atoms with Gasteiger partial charge in [-0.1, -0.05) is 261 Å². The molecule has 135 heavy (non-hydrogen) atoms. The van der Waals surface area contributed by atoms with Crippen LogP contribution in [0.1, 0.15) is 397 Å². The molecule has 3 N–H and O–H groups in total. The van der Waals surface area contributed by atoms with Crippen molar-refractivity contribution in [3.63, 3.8) is 0 Å². The maximum Gasteiger partial charge on any atom is 0.232 e. The zero-order valence-corrected chi connectivity index (χ0v) is 91.2. The molecule has 9 heterocycles. The quantitative estimate of drug-likeness (QED) is 0.0341. The number of hydrogen-bond donors (Lipinski definition) is 3. The first-order valence-electron chi connectivity index (χ1n) is 49.9. The van der Waals surface area contributed by atoms with E-state index in [1.165, 1.54) is 33.5 Å². The number of ether oxygens (including phenoxy) is 4. The Bertz CT molecular complexity index is 4600. The molecule has 1 atom stereocenters. The molecule has 10 aromatic rings. The largest absolute Gasteiger partial charge is 0.492 e. The molecule has 0 saturated carbocycles. The maximum atomic E-state index is 12.9. The number of alkyl halides is 1. The fraction of sp³-hybridized carbons (Fsp3) is 0.570. The molecule has 0 fully saturated rings. The van der Waals surface area contributed by atoms with Crippen LogP contribution < -0.4 is 44.7 Å². The summed E-state index contributed by atoms with van der Waals surface area (Å²) in [4.78, 5) is 52.2. The van der Waals surface area contributed by atoms with Crippen LogP contribution in [-0.4, -0.2) is 127 Å². The van der Waals surface area contributed by atoms with Gasteiger partial charge in [0.1, 0.15) is 41.0 Å². The fourth-order valence-electron chi connectivity index (χ4n) is 11.6. The summed E-state index contributed by atoms with van der Waals surface area (Å²) in [6.07, 6.45) is 16.7. The van der Waals surface area contributed by atoms with E-state index < -0.39 is 6.17 Å². The number of anilines is 5. The molecule has 9 aromatic heterocycles. The van der Waals surface area contributed by atoms with Gasteiger partial charge < -0.3 is 44.7 Å². The molecule has 0 saturated heterocycles. The minimum absolute atomic E-state index is 0.148. The molecule has 0 aliphatic carbocycles. The average molecular weight is 1860 g/mol. The van der Waals surface area contributed by atoms with E-state index in [4.69, 9.17) is 18.9 Å². The van der Waals surface area contributed by atoms with Crippen molar-refractivity contribution in [3.05, 3.63) is 239 Å². The Morgan fingerprint density at radius 3 is 1.16 bits per heavy atom. The van der Waals surface area contributed by atoms with Crippen LogP contribution in [0.3, 0.4) is 0 Å². The lowest BCUT2D eigenvalue weighted by Gasteiger charge is -2.20.